The standard InChI is InChI=1S/C29H33BrClN3O4S/c1-4-21(2)32-29(36)27(17-22-9-6-5-7-10-22)33(19-23-13-15-25(31)16-14-23)28(35)20-34(39(3,37)38)26-12-8-11-24(30)18-26/h5-16,18,21,27H,4,17,19-20H2,1-3H3,(H,32,36)/t21-,27+/m1/s1. The van der Waals surface area contributed by atoms with E-state index in [-0.39, 0.29) is 24.9 Å². The Morgan fingerprint density at radius 2 is 1.64 bits per heavy atom. The molecule has 0 saturated carbocycles. The first-order chi connectivity index (χ1) is 18.5. The summed E-state index contributed by atoms with van der Waals surface area (Å²) in [6.07, 6.45) is 2.04. The molecule has 0 aliphatic rings. The number of hydrogen-bond donors (Lipinski definition) is 1. The number of anilines is 1. The molecule has 1 N–H and O–H groups in total. The molecule has 0 spiro atoms. The van der Waals surface area contributed by atoms with Gasteiger partial charge in [0.05, 0.1) is 11.9 Å². The summed E-state index contributed by atoms with van der Waals surface area (Å²) < 4.78 is 27.4. The van der Waals surface area contributed by atoms with E-state index in [1.165, 1.54) is 4.90 Å². The number of carbonyl (C=O) groups excluding carboxylic acids is 2. The summed E-state index contributed by atoms with van der Waals surface area (Å²) >= 11 is 9.45. The predicted octanol–water partition coefficient (Wildman–Crippen LogP) is 5.42. The topological polar surface area (TPSA) is 86.8 Å². The Kier molecular flexibility index (Phi) is 11.0. The van der Waals surface area contributed by atoms with Gasteiger partial charge in [0.15, 0.2) is 0 Å². The zero-order chi connectivity index (χ0) is 28.6. The van der Waals surface area contributed by atoms with Crippen LogP contribution in [0.4, 0.5) is 5.69 Å². The summed E-state index contributed by atoms with van der Waals surface area (Å²) in [4.78, 5) is 29.1. The van der Waals surface area contributed by atoms with E-state index in [4.69, 9.17) is 11.6 Å². The van der Waals surface area contributed by atoms with Gasteiger partial charge in [-0.2, -0.15) is 0 Å². The van der Waals surface area contributed by atoms with Crippen molar-refractivity contribution in [3.05, 3.63) is 99.5 Å². The van der Waals surface area contributed by atoms with E-state index in [2.05, 4.69) is 21.2 Å². The molecule has 0 unspecified atom stereocenters. The van der Waals surface area contributed by atoms with Gasteiger partial charge in [-0.15, -0.1) is 0 Å². The molecule has 0 heterocycles. The lowest BCUT2D eigenvalue weighted by molar-refractivity contribution is -0.140. The number of sulfonamides is 1. The van der Waals surface area contributed by atoms with Crippen LogP contribution in [0, 0.1) is 0 Å². The summed E-state index contributed by atoms with van der Waals surface area (Å²) in [5.41, 5.74) is 1.98. The van der Waals surface area contributed by atoms with Crippen molar-refractivity contribution in [2.75, 3.05) is 17.1 Å². The third kappa shape index (κ3) is 9.08. The molecule has 7 nitrogen and oxygen atoms in total. The molecule has 39 heavy (non-hydrogen) atoms. The van der Waals surface area contributed by atoms with Gasteiger partial charge < -0.3 is 10.2 Å². The number of amides is 2. The van der Waals surface area contributed by atoms with Crippen LogP contribution in [0.3, 0.4) is 0 Å². The summed E-state index contributed by atoms with van der Waals surface area (Å²) in [6, 6.07) is 22.2. The van der Waals surface area contributed by atoms with Crippen LogP contribution < -0.4 is 9.62 Å². The van der Waals surface area contributed by atoms with E-state index in [0.29, 0.717) is 15.2 Å². The maximum atomic E-state index is 14.0. The molecule has 10 heteroatoms. The number of nitrogens with zero attached hydrogens (tertiary/aromatic N) is 2. The molecular weight excluding hydrogens is 602 g/mol. The maximum Gasteiger partial charge on any atom is 0.244 e. The number of benzene rings is 3. The molecule has 2 atom stereocenters. The van der Waals surface area contributed by atoms with Gasteiger partial charge in [0, 0.05) is 28.5 Å². The van der Waals surface area contributed by atoms with E-state index in [0.717, 1.165) is 28.1 Å². The third-order valence-electron chi connectivity index (χ3n) is 6.31. The molecule has 0 saturated heterocycles. The second-order valence-electron chi connectivity index (χ2n) is 9.42. The molecule has 0 aliphatic carbocycles. The van der Waals surface area contributed by atoms with E-state index in [1.807, 2.05) is 44.2 Å². The highest BCUT2D eigenvalue weighted by Crippen LogP contribution is 2.24. The molecule has 3 aromatic rings. The number of halogens is 2. The van der Waals surface area contributed by atoms with Crippen LogP contribution in [0.5, 0.6) is 0 Å². The van der Waals surface area contributed by atoms with Crippen molar-refractivity contribution in [3.63, 3.8) is 0 Å². The second-order valence-corrected chi connectivity index (χ2v) is 12.7. The lowest BCUT2D eigenvalue weighted by Crippen LogP contribution is -2.54. The third-order valence-corrected chi connectivity index (χ3v) is 8.20. The van der Waals surface area contributed by atoms with Gasteiger partial charge in [-0.05, 0) is 54.8 Å². The SMILES string of the molecule is CC[C@@H](C)NC(=O)[C@H](Cc1ccccc1)N(Cc1ccc(Cl)cc1)C(=O)CN(c1cccc(Br)c1)S(C)(=O)=O. The lowest BCUT2D eigenvalue weighted by Gasteiger charge is -2.34. The summed E-state index contributed by atoms with van der Waals surface area (Å²) in [5.74, 6) is -0.806. The zero-order valence-corrected chi connectivity index (χ0v) is 25.3. The van der Waals surface area contributed by atoms with Crippen molar-refractivity contribution in [2.24, 2.45) is 0 Å². The minimum Gasteiger partial charge on any atom is -0.352 e. The quantitative estimate of drug-likeness (QED) is 0.288. The Morgan fingerprint density at radius 3 is 2.23 bits per heavy atom. The Labute approximate surface area is 244 Å². The smallest absolute Gasteiger partial charge is 0.244 e. The highest BCUT2D eigenvalue weighted by Gasteiger charge is 2.33. The minimum atomic E-state index is -3.82. The maximum absolute atomic E-state index is 14.0. The molecule has 3 rings (SSSR count). The average molecular weight is 635 g/mol. The highest BCUT2D eigenvalue weighted by molar-refractivity contribution is 9.10. The van der Waals surface area contributed by atoms with Crippen molar-refractivity contribution < 1.29 is 18.0 Å². The van der Waals surface area contributed by atoms with E-state index >= 15 is 0 Å². The van der Waals surface area contributed by atoms with E-state index < -0.39 is 28.5 Å². The van der Waals surface area contributed by atoms with Crippen LogP contribution in [-0.2, 0) is 32.6 Å². The highest BCUT2D eigenvalue weighted by atomic mass is 79.9. The second kappa shape index (κ2) is 14.0. The number of hydrogen-bond acceptors (Lipinski definition) is 4. The molecule has 2 amide bonds. The molecule has 208 valence electrons. The van der Waals surface area contributed by atoms with Crippen LogP contribution >= 0.6 is 27.5 Å². The van der Waals surface area contributed by atoms with Crippen LogP contribution in [-0.4, -0.2) is 50.0 Å². The van der Waals surface area contributed by atoms with Gasteiger partial charge in [-0.3, -0.25) is 13.9 Å². The van der Waals surface area contributed by atoms with Crippen molar-refractivity contribution in [1.29, 1.82) is 0 Å². The number of nitrogens with one attached hydrogen (secondary N) is 1. The van der Waals surface area contributed by atoms with E-state index in [9.17, 15) is 18.0 Å². The van der Waals surface area contributed by atoms with E-state index in [1.54, 1.807) is 48.5 Å². The Hall–Kier alpha value is -2.88. The normalized spacial score (nSPS) is 12.8. The van der Waals surface area contributed by atoms with Crippen molar-refractivity contribution in [3.8, 4) is 0 Å². The lowest BCUT2D eigenvalue weighted by atomic mass is 10.0. The molecule has 0 fully saturated rings. The Morgan fingerprint density at radius 1 is 0.974 bits per heavy atom. The fourth-order valence-corrected chi connectivity index (χ4v) is 5.38. The van der Waals surface area contributed by atoms with Crippen LogP contribution in [0.25, 0.3) is 0 Å². The Balaban J connectivity index is 2.05. The molecule has 0 aliphatic heterocycles. The van der Waals surface area contributed by atoms with Crippen LogP contribution in [0.15, 0.2) is 83.3 Å². The number of rotatable bonds is 12. The summed E-state index contributed by atoms with van der Waals surface area (Å²) in [6.45, 7) is 3.50. The molecule has 0 radical (unpaired) electrons. The fraction of sp³-hybridized carbons (Fsp3) is 0.310. The number of carbonyl (C=O) groups is 2. The van der Waals surface area contributed by atoms with Crippen LogP contribution in [0.1, 0.15) is 31.4 Å². The van der Waals surface area contributed by atoms with Gasteiger partial charge in [0.25, 0.3) is 0 Å². The van der Waals surface area contributed by atoms with Crippen molar-refractivity contribution >= 4 is 55.1 Å². The summed E-state index contributed by atoms with van der Waals surface area (Å²) in [5, 5.41) is 3.56. The zero-order valence-electron chi connectivity index (χ0n) is 22.2. The van der Waals surface area contributed by atoms with Gasteiger partial charge in [0.2, 0.25) is 21.8 Å². The first-order valence-corrected chi connectivity index (χ1v) is 15.6. The summed E-state index contributed by atoms with van der Waals surface area (Å²) in [7, 11) is -3.82. The molecule has 3 aromatic carbocycles. The van der Waals surface area contributed by atoms with Crippen molar-refractivity contribution in [1.82, 2.24) is 10.2 Å². The predicted molar refractivity (Wildman–Crippen MR) is 160 cm³/mol. The largest absolute Gasteiger partial charge is 0.352 e. The van der Waals surface area contributed by atoms with Crippen molar-refractivity contribution in [2.45, 2.75) is 45.3 Å². The van der Waals surface area contributed by atoms with Gasteiger partial charge in [-0.25, -0.2) is 8.42 Å². The van der Waals surface area contributed by atoms with Gasteiger partial charge in [-0.1, -0.05) is 83.0 Å². The minimum absolute atomic E-state index is 0.0948. The van der Waals surface area contributed by atoms with Gasteiger partial charge >= 0.3 is 0 Å². The molecule has 0 bridgehead atoms. The first kappa shape index (κ1) is 30.7. The average Bonchev–Trinajstić information content (AvgIpc) is 2.90. The first-order valence-electron chi connectivity index (χ1n) is 12.6. The van der Waals surface area contributed by atoms with Gasteiger partial charge in [0.1, 0.15) is 12.6 Å². The fourth-order valence-electron chi connectivity index (χ4n) is 4.03. The van der Waals surface area contributed by atoms with Crippen LogP contribution in [0.2, 0.25) is 5.02 Å². The molecular formula is C29H33BrClN3O4S. The molecule has 0 aromatic heterocycles. The monoisotopic (exact) mass is 633 g/mol. The Bertz CT molecular complexity index is 1370.